The lowest BCUT2D eigenvalue weighted by atomic mass is 10.0. The van der Waals surface area contributed by atoms with Crippen LogP contribution in [0.2, 0.25) is 0 Å². The van der Waals surface area contributed by atoms with Crippen LogP contribution in [0.4, 0.5) is 0 Å². The van der Waals surface area contributed by atoms with Gasteiger partial charge in [-0.25, -0.2) is 0 Å². The standard InChI is InChI=1S/C8H15NO2/c1-9-7(5-6-10)3-2-4-8(9)11/h7,10H,2-6H2,1H3. The molecule has 1 saturated heterocycles. The third-order valence-electron chi connectivity index (χ3n) is 2.33. The molecule has 1 amide bonds. The lowest BCUT2D eigenvalue weighted by molar-refractivity contribution is -0.134. The van der Waals surface area contributed by atoms with E-state index in [4.69, 9.17) is 5.11 Å². The number of aliphatic hydroxyl groups is 1. The first kappa shape index (κ1) is 8.53. The molecule has 0 bridgehead atoms. The number of hydrogen-bond donors (Lipinski definition) is 1. The van der Waals surface area contributed by atoms with Crippen LogP contribution >= 0.6 is 0 Å². The van der Waals surface area contributed by atoms with Crippen molar-refractivity contribution in [3.63, 3.8) is 0 Å². The van der Waals surface area contributed by atoms with Crippen LogP contribution in [0, 0.1) is 0 Å². The Kier molecular flexibility index (Phi) is 2.88. The van der Waals surface area contributed by atoms with Crippen molar-refractivity contribution in [3.05, 3.63) is 0 Å². The van der Waals surface area contributed by atoms with Crippen LogP contribution in [0.1, 0.15) is 25.7 Å². The minimum Gasteiger partial charge on any atom is -0.396 e. The van der Waals surface area contributed by atoms with Gasteiger partial charge in [-0.15, -0.1) is 0 Å². The van der Waals surface area contributed by atoms with E-state index in [1.165, 1.54) is 0 Å². The Hall–Kier alpha value is -0.570. The summed E-state index contributed by atoms with van der Waals surface area (Å²) in [5.41, 5.74) is 0. The fourth-order valence-electron chi connectivity index (χ4n) is 1.55. The highest BCUT2D eigenvalue weighted by Crippen LogP contribution is 2.18. The van der Waals surface area contributed by atoms with Gasteiger partial charge in [0, 0.05) is 26.1 Å². The van der Waals surface area contributed by atoms with Crippen molar-refractivity contribution in [3.8, 4) is 0 Å². The van der Waals surface area contributed by atoms with Crippen LogP contribution in [-0.4, -0.2) is 35.6 Å². The highest BCUT2D eigenvalue weighted by molar-refractivity contribution is 5.76. The van der Waals surface area contributed by atoms with Crippen molar-refractivity contribution in [2.45, 2.75) is 31.7 Å². The average molecular weight is 157 g/mol. The van der Waals surface area contributed by atoms with Gasteiger partial charge < -0.3 is 10.0 Å². The summed E-state index contributed by atoms with van der Waals surface area (Å²) in [7, 11) is 1.82. The van der Waals surface area contributed by atoms with Gasteiger partial charge in [-0.3, -0.25) is 4.79 Å². The molecule has 0 radical (unpaired) electrons. The summed E-state index contributed by atoms with van der Waals surface area (Å²) in [6.45, 7) is 0.183. The van der Waals surface area contributed by atoms with Crippen LogP contribution < -0.4 is 0 Å². The van der Waals surface area contributed by atoms with E-state index >= 15 is 0 Å². The van der Waals surface area contributed by atoms with Crippen LogP contribution in [0.15, 0.2) is 0 Å². The maximum absolute atomic E-state index is 11.1. The maximum atomic E-state index is 11.1. The number of hydrogen-bond acceptors (Lipinski definition) is 2. The maximum Gasteiger partial charge on any atom is 0.222 e. The molecule has 3 heteroatoms. The number of nitrogens with zero attached hydrogens (tertiary/aromatic N) is 1. The normalized spacial score (nSPS) is 25.8. The lowest BCUT2D eigenvalue weighted by Crippen LogP contribution is -2.40. The number of likely N-dealkylation sites (tertiary alicyclic amines) is 1. The van der Waals surface area contributed by atoms with E-state index in [1.54, 1.807) is 4.90 Å². The zero-order valence-corrected chi connectivity index (χ0v) is 6.92. The summed E-state index contributed by atoms with van der Waals surface area (Å²) >= 11 is 0. The second-order valence-corrected chi connectivity index (χ2v) is 3.06. The molecule has 1 unspecified atom stereocenters. The molecule has 0 saturated carbocycles. The second-order valence-electron chi connectivity index (χ2n) is 3.06. The molecule has 0 aromatic carbocycles. The Balaban J connectivity index is 2.44. The van der Waals surface area contributed by atoms with Crippen molar-refractivity contribution in [2.24, 2.45) is 0 Å². The van der Waals surface area contributed by atoms with E-state index < -0.39 is 0 Å². The topological polar surface area (TPSA) is 40.5 Å². The van der Waals surface area contributed by atoms with Gasteiger partial charge >= 0.3 is 0 Å². The highest BCUT2D eigenvalue weighted by atomic mass is 16.3. The Morgan fingerprint density at radius 1 is 1.73 bits per heavy atom. The fraction of sp³-hybridized carbons (Fsp3) is 0.875. The van der Waals surface area contributed by atoms with Gasteiger partial charge in [0.15, 0.2) is 0 Å². The quantitative estimate of drug-likeness (QED) is 0.629. The number of piperidine rings is 1. The molecule has 1 heterocycles. The number of rotatable bonds is 2. The smallest absolute Gasteiger partial charge is 0.222 e. The molecule has 3 nitrogen and oxygen atoms in total. The van der Waals surface area contributed by atoms with Gasteiger partial charge in [0.25, 0.3) is 0 Å². The van der Waals surface area contributed by atoms with Crippen LogP contribution in [-0.2, 0) is 4.79 Å². The molecule has 64 valence electrons. The van der Waals surface area contributed by atoms with Crippen molar-refractivity contribution in [1.82, 2.24) is 4.90 Å². The summed E-state index contributed by atoms with van der Waals surface area (Å²) in [6, 6.07) is 0.279. The predicted octanol–water partition coefficient (Wildman–Crippen LogP) is 0.380. The molecule has 0 aromatic rings. The van der Waals surface area contributed by atoms with Gasteiger partial charge in [0.1, 0.15) is 0 Å². The number of amides is 1. The van der Waals surface area contributed by atoms with E-state index in [-0.39, 0.29) is 18.6 Å². The number of carbonyl (C=O) groups is 1. The Morgan fingerprint density at radius 2 is 2.45 bits per heavy atom. The molecule has 1 N–H and O–H groups in total. The predicted molar refractivity (Wildman–Crippen MR) is 42.1 cm³/mol. The van der Waals surface area contributed by atoms with E-state index in [1.807, 2.05) is 7.05 Å². The van der Waals surface area contributed by atoms with Crippen LogP contribution in [0.3, 0.4) is 0 Å². The zero-order valence-electron chi connectivity index (χ0n) is 6.92. The molecule has 1 fully saturated rings. The fourth-order valence-corrected chi connectivity index (χ4v) is 1.55. The Labute approximate surface area is 67.0 Å². The molecular weight excluding hydrogens is 142 g/mol. The molecule has 1 atom stereocenters. The van der Waals surface area contributed by atoms with Crippen molar-refractivity contribution < 1.29 is 9.90 Å². The zero-order chi connectivity index (χ0) is 8.27. The first-order chi connectivity index (χ1) is 5.25. The first-order valence-electron chi connectivity index (χ1n) is 4.12. The van der Waals surface area contributed by atoms with Gasteiger partial charge in [0.05, 0.1) is 0 Å². The number of carbonyl (C=O) groups excluding carboxylic acids is 1. The monoisotopic (exact) mass is 157 g/mol. The van der Waals surface area contributed by atoms with E-state index in [0.717, 1.165) is 19.3 Å². The van der Waals surface area contributed by atoms with Crippen molar-refractivity contribution in [2.75, 3.05) is 13.7 Å². The summed E-state index contributed by atoms with van der Waals surface area (Å²) in [4.78, 5) is 12.9. The molecule has 1 aliphatic rings. The lowest BCUT2D eigenvalue weighted by Gasteiger charge is -2.31. The molecule has 1 rings (SSSR count). The van der Waals surface area contributed by atoms with E-state index in [2.05, 4.69) is 0 Å². The van der Waals surface area contributed by atoms with Crippen LogP contribution in [0.5, 0.6) is 0 Å². The highest BCUT2D eigenvalue weighted by Gasteiger charge is 2.23. The van der Waals surface area contributed by atoms with Gasteiger partial charge in [-0.2, -0.15) is 0 Å². The minimum absolute atomic E-state index is 0.183. The molecule has 0 aliphatic carbocycles. The minimum atomic E-state index is 0.183. The largest absolute Gasteiger partial charge is 0.396 e. The molecule has 0 spiro atoms. The number of aliphatic hydroxyl groups excluding tert-OH is 1. The van der Waals surface area contributed by atoms with Gasteiger partial charge in [0.2, 0.25) is 5.91 Å². The SMILES string of the molecule is CN1C(=O)CCCC1CCO. The summed E-state index contributed by atoms with van der Waals surface area (Å²) in [6.07, 6.45) is 3.43. The third-order valence-corrected chi connectivity index (χ3v) is 2.33. The summed E-state index contributed by atoms with van der Waals surface area (Å²) in [5, 5.41) is 8.68. The molecule has 11 heavy (non-hydrogen) atoms. The average Bonchev–Trinajstić information content (AvgIpc) is 1.99. The molecule has 1 aliphatic heterocycles. The van der Waals surface area contributed by atoms with Gasteiger partial charge in [-0.1, -0.05) is 0 Å². The first-order valence-corrected chi connectivity index (χ1v) is 4.12. The van der Waals surface area contributed by atoms with E-state index in [0.29, 0.717) is 6.42 Å². The van der Waals surface area contributed by atoms with Crippen LogP contribution in [0.25, 0.3) is 0 Å². The summed E-state index contributed by atoms with van der Waals surface area (Å²) in [5.74, 6) is 0.217. The van der Waals surface area contributed by atoms with Gasteiger partial charge in [-0.05, 0) is 19.3 Å². The van der Waals surface area contributed by atoms with Crippen molar-refractivity contribution >= 4 is 5.91 Å². The molecular formula is C8H15NO2. The third kappa shape index (κ3) is 1.93. The van der Waals surface area contributed by atoms with Crippen molar-refractivity contribution in [1.29, 1.82) is 0 Å². The summed E-state index contributed by atoms with van der Waals surface area (Å²) < 4.78 is 0. The Bertz CT molecular complexity index is 145. The second kappa shape index (κ2) is 3.72. The van der Waals surface area contributed by atoms with E-state index in [9.17, 15) is 4.79 Å². The molecule has 0 aromatic heterocycles. The Morgan fingerprint density at radius 3 is 3.09 bits per heavy atom.